The lowest BCUT2D eigenvalue weighted by molar-refractivity contribution is 0.0527. The van der Waals surface area contributed by atoms with Gasteiger partial charge in [-0.2, -0.15) is 0 Å². The Hall–Kier alpha value is -3.81. The average Bonchev–Trinajstić information content (AvgIpc) is 2.74. The van der Waals surface area contributed by atoms with Gasteiger partial charge in [0, 0.05) is 25.0 Å². The van der Waals surface area contributed by atoms with Crippen LogP contribution in [0.25, 0.3) is 0 Å². The van der Waals surface area contributed by atoms with Gasteiger partial charge in [0.1, 0.15) is 17.8 Å². The number of aromatic nitrogens is 3. The number of nitrogens with zero attached hydrogens (tertiary/aromatic N) is 3. The van der Waals surface area contributed by atoms with Crippen LogP contribution < -0.4 is 10.6 Å². The van der Waals surface area contributed by atoms with Gasteiger partial charge in [-0.1, -0.05) is 18.2 Å². The van der Waals surface area contributed by atoms with Gasteiger partial charge in [0.05, 0.1) is 17.9 Å². The largest absolute Gasteiger partial charge is 0.462 e. The molecular formula is C20H19N5O3. The van der Waals surface area contributed by atoms with Crippen molar-refractivity contribution >= 4 is 23.4 Å². The van der Waals surface area contributed by atoms with E-state index in [0.717, 1.165) is 5.56 Å². The highest BCUT2D eigenvalue weighted by Gasteiger charge is 2.16. The van der Waals surface area contributed by atoms with E-state index < -0.39 is 11.9 Å². The molecule has 0 atom stereocenters. The minimum Gasteiger partial charge on any atom is -0.462 e. The normalized spacial score (nSPS) is 10.2. The van der Waals surface area contributed by atoms with Gasteiger partial charge >= 0.3 is 5.97 Å². The van der Waals surface area contributed by atoms with Crippen molar-refractivity contribution in [2.45, 2.75) is 13.5 Å². The summed E-state index contributed by atoms with van der Waals surface area (Å²) in [5.41, 5.74) is 1.79. The lowest BCUT2D eigenvalue weighted by Gasteiger charge is -2.10. The van der Waals surface area contributed by atoms with E-state index in [1.165, 1.54) is 6.33 Å². The van der Waals surface area contributed by atoms with Crippen molar-refractivity contribution in [3.63, 3.8) is 0 Å². The molecule has 8 nitrogen and oxygen atoms in total. The molecule has 0 bridgehead atoms. The van der Waals surface area contributed by atoms with E-state index in [-0.39, 0.29) is 17.9 Å². The topological polar surface area (TPSA) is 106 Å². The van der Waals surface area contributed by atoms with Crippen molar-refractivity contribution < 1.29 is 14.3 Å². The molecular weight excluding hydrogens is 358 g/mol. The van der Waals surface area contributed by atoms with Gasteiger partial charge in [0.15, 0.2) is 0 Å². The van der Waals surface area contributed by atoms with Gasteiger partial charge in [-0.25, -0.2) is 14.8 Å². The first-order valence-corrected chi connectivity index (χ1v) is 8.69. The molecule has 2 N–H and O–H groups in total. The number of benzene rings is 1. The number of ether oxygens (including phenoxy) is 1. The molecule has 2 heterocycles. The Morgan fingerprint density at radius 2 is 1.96 bits per heavy atom. The smallest absolute Gasteiger partial charge is 0.340 e. The van der Waals surface area contributed by atoms with Crippen molar-refractivity contribution in [2.24, 2.45) is 0 Å². The summed E-state index contributed by atoms with van der Waals surface area (Å²) in [4.78, 5) is 36.8. The first kappa shape index (κ1) is 19.0. The van der Waals surface area contributed by atoms with E-state index in [2.05, 4.69) is 25.6 Å². The number of carbonyl (C=O) groups is 2. The summed E-state index contributed by atoms with van der Waals surface area (Å²) in [5.74, 6) is -0.453. The van der Waals surface area contributed by atoms with Gasteiger partial charge in [-0.15, -0.1) is 0 Å². The Kier molecular flexibility index (Phi) is 6.25. The number of rotatable bonds is 7. The lowest BCUT2D eigenvalue weighted by atomic mass is 10.1. The molecule has 3 aromatic rings. The number of esters is 1. The minimum absolute atomic E-state index is 0.169. The Balaban J connectivity index is 1.71. The summed E-state index contributed by atoms with van der Waals surface area (Å²) in [7, 11) is 0. The van der Waals surface area contributed by atoms with Gasteiger partial charge in [0.2, 0.25) is 0 Å². The molecule has 0 unspecified atom stereocenters. The number of pyridine rings is 1. The molecule has 0 fully saturated rings. The molecule has 3 rings (SSSR count). The monoisotopic (exact) mass is 377 g/mol. The number of hydrogen-bond acceptors (Lipinski definition) is 7. The van der Waals surface area contributed by atoms with Crippen molar-refractivity contribution in [3.8, 4) is 0 Å². The highest BCUT2D eigenvalue weighted by molar-refractivity contribution is 6.07. The average molecular weight is 377 g/mol. The van der Waals surface area contributed by atoms with Crippen LogP contribution >= 0.6 is 0 Å². The van der Waals surface area contributed by atoms with Gasteiger partial charge in [-0.05, 0) is 30.7 Å². The minimum atomic E-state index is -0.500. The summed E-state index contributed by atoms with van der Waals surface area (Å²) in [6, 6.07) is 12.0. The number of para-hydroxylation sites is 1. The van der Waals surface area contributed by atoms with Crippen LogP contribution in [0.2, 0.25) is 0 Å². The van der Waals surface area contributed by atoms with Crippen molar-refractivity contribution in [3.05, 3.63) is 78.0 Å². The number of nitrogens with one attached hydrogen (secondary N) is 2. The molecule has 0 aliphatic heterocycles. The number of amides is 1. The quantitative estimate of drug-likeness (QED) is 0.610. The van der Waals surface area contributed by atoms with Gasteiger partial charge < -0.3 is 15.4 Å². The maximum absolute atomic E-state index is 12.6. The van der Waals surface area contributed by atoms with E-state index in [0.29, 0.717) is 18.1 Å². The first-order valence-electron chi connectivity index (χ1n) is 8.69. The third kappa shape index (κ3) is 4.88. The van der Waals surface area contributed by atoms with E-state index in [1.54, 1.807) is 49.6 Å². The highest BCUT2D eigenvalue weighted by Crippen LogP contribution is 2.17. The molecule has 0 radical (unpaired) electrons. The summed E-state index contributed by atoms with van der Waals surface area (Å²) >= 11 is 0. The second kappa shape index (κ2) is 9.22. The van der Waals surface area contributed by atoms with Crippen LogP contribution in [0.1, 0.15) is 33.3 Å². The summed E-state index contributed by atoms with van der Waals surface area (Å²) < 4.78 is 5.02. The zero-order chi connectivity index (χ0) is 19.8. The Morgan fingerprint density at radius 1 is 1.11 bits per heavy atom. The van der Waals surface area contributed by atoms with Crippen LogP contribution in [-0.4, -0.2) is 33.4 Å². The predicted octanol–water partition coefficient (Wildman–Crippen LogP) is 2.91. The van der Waals surface area contributed by atoms with Crippen LogP contribution in [0, 0.1) is 0 Å². The molecule has 0 aliphatic carbocycles. The van der Waals surface area contributed by atoms with Crippen molar-refractivity contribution in [2.75, 3.05) is 17.2 Å². The van der Waals surface area contributed by atoms with E-state index in [1.807, 2.05) is 12.1 Å². The van der Waals surface area contributed by atoms with Crippen LogP contribution in [-0.2, 0) is 11.3 Å². The highest BCUT2D eigenvalue weighted by atomic mass is 16.5. The van der Waals surface area contributed by atoms with Gasteiger partial charge in [0.25, 0.3) is 5.91 Å². The van der Waals surface area contributed by atoms with Crippen LogP contribution in [0.4, 0.5) is 11.5 Å². The zero-order valence-electron chi connectivity index (χ0n) is 15.3. The molecule has 0 saturated carbocycles. The molecule has 8 heteroatoms. The molecule has 2 aromatic heterocycles. The summed E-state index contributed by atoms with van der Waals surface area (Å²) in [5, 5.41) is 5.82. The Bertz CT molecular complexity index is 963. The fraction of sp³-hybridized carbons (Fsp3) is 0.150. The molecule has 1 aromatic carbocycles. The molecule has 0 saturated heterocycles. The zero-order valence-corrected chi connectivity index (χ0v) is 15.3. The Labute approximate surface area is 162 Å². The second-order valence-corrected chi connectivity index (χ2v) is 5.72. The third-order valence-electron chi connectivity index (χ3n) is 3.77. The van der Waals surface area contributed by atoms with E-state index in [4.69, 9.17) is 4.74 Å². The molecule has 0 aliphatic rings. The standard InChI is InChI=1S/C20H19N5O3/c1-2-28-20(27)15-7-3-4-8-16(15)25-19(26)17-10-18(24-13-23-17)22-12-14-6-5-9-21-11-14/h3-11,13H,2,12H2,1H3,(H,25,26)(H,22,23,24). The Morgan fingerprint density at radius 3 is 2.75 bits per heavy atom. The number of anilines is 2. The first-order chi connectivity index (χ1) is 13.7. The second-order valence-electron chi connectivity index (χ2n) is 5.72. The molecule has 28 heavy (non-hydrogen) atoms. The predicted molar refractivity (Wildman–Crippen MR) is 104 cm³/mol. The van der Waals surface area contributed by atoms with Crippen molar-refractivity contribution in [1.29, 1.82) is 0 Å². The molecule has 0 spiro atoms. The van der Waals surface area contributed by atoms with E-state index >= 15 is 0 Å². The van der Waals surface area contributed by atoms with Crippen LogP contribution in [0.15, 0.2) is 61.2 Å². The van der Waals surface area contributed by atoms with Crippen LogP contribution in [0.5, 0.6) is 0 Å². The SMILES string of the molecule is CCOC(=O)c1ccccc1NC(=O)c1cc(NCc2cccnc2)ncn1. The summed E-state index contributed by atoms with van der Waals surface area (Å²) in [6.45, 7) is 2.48. The number of hydrogen-bond donors (Lipinski definition) is 2. The molecule has 142 valence electrons. The van der Waals surface area contributed by atoms with Crippen molar-refractivity contribution in [1.82, 2.24) is 15.0 Å². The molecule has 1 amide bonds. The van der Waals surface area contributed by atoms with Crippen LogP contribution in [0.3, 0.4) is 0 Å². The van der Waals surface area contributed by atoms with Gasteiger partial charge in [-0.3, -0.25) is 9.78 Å². The van der Waals surface area contributed by atoms with E-state index in [9.17, 15) is 9.59 Å². The fourth-order valence-corrected chi connectivity index (χ4v) is 2.44. The summed E-state index contributed by atoms with van der Waals surface area (Å²) in [6.07, 6.45) is 4.75. The number of carbonyl (C=O) groups excluding carboxylic acids is 2. The fourth-order valence-electron chi connectivity index (χ4n) is 2.44. The lowest BCUT2D eigenvalue weighted by Crippen LogP contribution is -2.17. The maximum atomic E-state index is 12.6. The third-order valence-corrected chi connectivity index (χ3v) is 3.77. The maximum Gasteiger partial charge on any atom is 0.340 e.